The van der Waals surface area contributed by atoms with Gasteiger partial charge in [0.1, 0.15) is 0 Å². The van der Waals surface area contributed by atoms with Crippen LogP contribution in [0.4, 0.5) is 5.69 Å². The van der Waals surface area contributed by atoms with E-state index in [1.165, 1.54) is 12.5 Å². The molecule has 2 aromatic carbocycles. The largest absolute Gasteiger partial charge is 0.338 e. The van der Waals surface area contributed by atoms with E-state index < -0.39 is 0 Å². The standard InChI is InChI=1S/C19H21ClN2O2/c1-14-6-8-16(9-7-14)13-22(15(2)23)11-10-19(24)21-18-5-3-4-17(20)12-18/h3-9,12H,10-11,13H2,1-2H3,(H,21,24). The van der Waals surface area contributed by atoms with Gasteiger partial charge in [-0.25, -0.2) is 0 Å². The molecule has 0 aliphatic carbocycles. The van der Waals surface area contributed by atoms with Gasteiger partial charge >= 0.3 is 0 Å². The van der Waals surface area contributed by atoms with Crippen LogP contribution in [0, 0.1) is 6.92 Å². The molecule has 0 atom stereocenters. The van der Waals surface area contributed by atoms with Crippen molar-refractivity contribution in [2.45, 2.75) is 26.8 Å². The molecule has 0 aliphatic heterocycles. The van der Waals surface area contributed by atoms with Crippen molar-refractivity contribution in [2.75, 3.05) is 11.9 Å². The maximum Gasteiger partial charge on any atom is 0.226 e. The molecule has 0 radical (unpaired) electrons. The Labute approximate surface area is 147 Å². The summed E-state index contributed by atoms with van der Waals surface area (Å²) in [6.07, 6.45) is 0.234. The van der Waals surface area contributed by atoms with Crippen LogP contribution in [0.15, 0.2) is 48.5 Å². The zero-order valence-electron chi connectivity index (χ0n) is 13.9. The first-order valence-electron chi connectivity index (χ1n) is 7.80. The van der Waals surface area contributed by atoms with Gasteiger partial charge in [-0.15, -0.1) is 0 Å². The zero-order chi connectivity index (χ0) is 17.5. The number of hydrogen-bond donors (Lipinski definition) is 1. The summed E-state index contributed by atoms with van der Waals surface area (Å²) in [7, 11) is 0. The molecule has 0 saturated carbocycles. The average Bonchev–Trinajstić information content (AvgIpc) is 2.53. The van der Waals surface area contributed by atoms with Crippen molar-refractivity contribution in [3.63, 3.8) is 0 Å². The van der Waals surface area contributed by atoms with E-state index in [2.05, 4.69) is 5.32 Å². The summed E-state index contributed by atoms with van der Waals surface area (Å²) in [5.41, 5.74) is 2.88. The highest BCUT2D eigenvalue weighted by atomic mass is 35.5. The Balaban J connectivity index is 1.90. The SMILES string of the molecule is CC(=O)N(CCC(=O)Nc1cccc(Cl)c1)Cc1ccc(C)cc1. The third kappa shape index (κ3) is 5.70. The fourth-order valence-corrected chi connectivity index (χ4v) is 2.48. The van der Waals surface area contributed by atoms with Crippen LogP contribution >= 0.6 is 11.6 Å². The molecule has 2 amide bonds. The van der Waals surface area contributed by atoms with Gasteiger partial charge in [0.25, 0.3) is 0 Å². The number of hydrogen-bond acceptors (Lipinski definition) is 2. The highest BCUT2D eigenvalue weighted by Gasteiger charge is 2.12. The number of aryl methyl sites for hydroxylation is 1. The Kier molecular flexibility index (Phi) is 6.38. The Hall–Kier alpha value is -2.33. The molecule has 0 aromatic heterocycles. The van der Waals surface area contributed by atoms with E-state index in [-0.39, 0.29) is 18.2 Å². The van der Waals surface area contributed by atoms with Gasteiger partial charge in [0.2, 0.25) is 11.8 Å². The Bertz CT molecular complexity index is 714. The van der Waals surface area contributed by atoms with E-state index in [1.807, 2.05) is 31.2 Å². The molecule has 2 aromatic rings. The van der Waals surface area contributed by atoms with Gasteiger partial charge < -0.3 is 10.2 Å². The lowest BCUT2D eigenvalue weighted by Gasteiger charge is -2.21. The van der Waals surface area contributed by atoms with Gasteiger partial charge in [-0.05, 0) is 30.7 Å². The number of halogens is 1. The lowest BCUT2D eigenvalue weighted by Crippen LogP contribution is -2.31. The van der Waals surface area contributed by atoms with Gasteiger partial charge in [0.15, 0.2) is 0 Å². The molecule has 0 heterocycles. The summed E-state index contributed by atoms with van der Waals surface area (Å²) >= 11 is 5.89. The van der Waals surface area contributed by atoms with E-state index in [0.717, 1.165) is 5.56 Å². The van der Waals surface area contributed by atoms with Crippen LogP contribution in [0.1, 0.15) is 24.5 Å². The summed E-state index contributed by atoms with van der Waals surface area (Å²) in [5.74, 6) is -0.196. The number of rotatable bonds is 6. The van der Waals surface area contributed by atoms with Gasteiger partial charge in [-0.3, -0.25) is 9.59 Å². The molecule has 5 heteroatoms. The maximum absolute atomic E-state index is 12.1. The lowest BCUT2D eigenvalue weighted by molar-refractivity contribution is -0.129. The second-order valence-corrected chi connectivity index (χ2v) is 6.17. The first-order valence-corrected chi connectivity index (χ1v) is 8.18. The molecule has 24 heavy (non-hydrogen) atoms. The van der Waals surface area contributed by atoms with Gasteiger partial charge in [0, 0.05) is 37.1 Å². The maximum atomic E-state index is 12.1. The lowest BCUT2D eigenvalue weighted by atomic mass is 10.1. The van der Waals surface area contributed by atoms with E-state index >= 15 is 0 Å². The van der Waals surface area contributed by atoms with E-state index in [4.69, 9.17) is 11.6 Å². The fraction of sp³-hybridized carbons (Fsp3) is 0.263. The molecule has 126 valence electrons. The monoisotopic (exact) mass is 344 g/mol. The molecule has 0 bridgehead atoms. The van der Waals surface area contributed by atoms with Crippen LogP contribution in [0.2, 0.25) is 5.02 Å². The van der Waals surface area contributed by atoms with E-state index in [0.29, 0.717) is 23.8 Å². The minimum atomic E-state index is -0.146. The quantitative estimate of drug-likeness (QED) is 0.860. The molecule has 0 fully saturated rings. The van der Waals surface area contributed by atoms with Crippen LogP contribution in [-0.4, -0.2) is 23.3 Å². The predicted molar refractivity (Wildman–Crippen MR) is 97.0 cm³/mol. The summed E-state index contributed by atoms with van der Waals surface area (Å²) in [5, 5.41) is 3.35. The number of benzene rings is 2. The van der Waals surface area contributed by atoms with Crippen molar-refractivity contribution >= 4 is 29.1 Å². The summed E-state index contributed by atoms with van der Waals surface area (Å²) in [4.78, 5) is 25.5. The average molecular weight is 345 g/mol. The van der Waals surface area contributed by atoms with Gasteiger partial charge in [0.05, 0.1) is 0 Å². The van der Waals surface area contributed by atoms with Gasteiger partial charge in [-0.2, -0.15) is 0 Å². The number of carbonyl (C=O) groups is 2. The highest BCUT2D eigenvalue weighted by Crippen LogP contribution is 2.15. The first-order chi connectivity index (χ1) is 11.4. The topological polar surface area (TPSA) is 49.4 Å². The molecule has 0 saturated heterocycles. The molecule has 1 N–H and O–H groups in total. The second kappa shape index (κ2) is 8.50. The van der Waals surface area contributed by atoms with E-state index in [1.54, 1.807) is 29.2 Å². The summed E-state index contributed by atoms with van der Waals surface area (Å²) < 4.78 is 0. The Morgan fingerprint density at radius 2 is 1.83 bits per heavy atom. The number of anilines is 1. The first kappa shape index (κ1) is 18.0. The predicted octanol–water partition coefficient (Wildman–Crippen LogP) is 4.03. The molecular weight excluding hydrogens is 324 g/mol. The molecular formula is C19H21ClN2O2. The summed E-state index contributed by atoms with van der Waals surface area (Å²) in [6.45, 7) is 4.41. The number of carbonyl (C=O) groups excluding carboxylic acids is 2. The third-order valence-corrected chi connectivity index (χ3v) is 3.89. The van der Waals surface area contributed by atoms with Crippen molar-refractivity contribution < 1.29 is 9.59 Å². The van der Waals surface area contributed by atoms with Crippen molar-refractivity contribution in [1.82, 2.24) is 4.90 Å². The van der Waals surface area contributed by atoms with Gasteiger partial charge in [-0.1, -0.05) is 47.5 Å². The highest BCUT2D eigenvalue weighted by molar-refractivity contribution is 6.30. The van der Waals surface area contributed by atoms with Crippen LogP contribution in [0.5, 0.6) is 0 Å². The second-order valence-electron chi connectivity index (χ2n) is 5.73. The fourth-order valence-electron chi connectivity index (χ4n) is 2.29. The summed E-state index contributed by atoms with van der Waals surface area (Å²) in [6, 6.07) is 15.0. The Morgan fingerprint density at radius 1 is 1.12 bits per heavy atom. The molecule has 0 aliphatic rings. The number of nitrogens with one attached hydrogen (secondary N) is 1. The molecule has 0 spiro atoms. The molecule has 0 unspecified atom stereocenters. The van der Waals surface area contributed by atoms with Crippen molar-refractivity contribution in [3.05, 3.63) is 64.7 Å². The Morgan fingerprint density at radius 3 is 2.46 bits per heavy atom. The minimum absolute atomic E-state index is 0.0499. The van der Waals surface area contributed by atoms with Crippen molar-refractivity contribution in [3.8, 4) is 0 Å². The van der Waals surface area contributed by atoms with Crippen LogP contribution < -0.4 is 5.32 Å². The van der Waals surface area contributed by atoms with E-state index in [9.17, 15) is 9.59 Å². The van der Waals surface area contributed by atoms with Crippen LogP contribution in [-0.2, 0) is 16.1 Å². The minimum Gasteiger partial charge on any atom is -0.338 e. The number of amides is 2. The third-order valence-electron chi connectivity index (χ3n) is 3.66. The smallest absolute Gasteiger partial charge is 0.226 e. The van der Waals surface area contributed by atoms with Crippen LogP contribution in [0.3, 0.4) is 0 Å². The van der Waals surface area contributed by atoms with Crippen LogP contribution in [0.25, 0.3) is 0 Å². The zero-order valence-corrected chi connectivity index (χ0v) is 14.6. The van der Waals surface area contributed by atoms with Crippen molar-refractivity contribution in [1.29, 1.82) is 0 Å². The molecule has 4 nitrogen and oxygen atoms in total. The van der Waals surface area contributed by atoms with Crippen molar-refractivity contribution in [2.24, 2.45) is 0 Å². The molecule has 2 rings (SSSR count). The number of nitrogens with zero attached hydrogens (tertiary/aromatic N) is 1. The normalized spacial score (nSPS) is 10.3.